The lowest BCUT2D eigenvalue weighted by Gasteiger charge is -2.10. The highest BCUT2D eigenvalue weighted by atomic mass is 16.2. The first-order valence-corrected chi connectivity index (χ1v) is 5.61. The number of rotatable bonds is 6. The molecule has 0 saturated carbocycles. The van der Waals surface area contributed by atoms with Crippen LogP contribution in [0.25, 0.3) is 0 Å². The summed E-state index contributed by atoms with van der Waals surface area (Å²) in [5, 5.41) is 8.53. The number of nitrogens with zero attached hydrogens (tertiary/aromatic N) is 4. The molecular formula is C12H14N4O3. The van der Waals surface area contributed by atoms with Crippen LogP contribution < -0.4 is 17.1 Å². The van der Waals surface area contributed by atoms with Crippen molar-refractivity contribution in [3.05, 3.63) is 56.8 Å². The predicted octanol–water partition coefficient (Wildman–Crippen LogP) is -0.543. The minimum absolute atomic E-state index is 0.00163. The first-order chi connectivity index (χ1) is 9.08. The van der Waals surface area contributed by atoms with Gasteiger partial charge >= 0.3 is 17.1 Å². The Kier molecular flexibility index (Phi) is 4.83. The highest BCUT2D eigenvalue weighted by Crippen LogP contribution is 1.82. The normalized spacial score (nSPS) is 9.84. The van der Waals surface area contributed by atoms with Crippen molar-refractivity contribution in [3.8, 4) is 6.07 Å². The molecule has 0 fully saturated rings. The molecular weight excluding hydrogens is 248 g/mol. The summed E-state index contributed by atoms with van der Waals surface area (Å²) < 4.78 is 2.67. The van der Waals surface area contributed by atoms with E-state index < -0.39 is 17.1 Å². The Balaban J connectivity index is 3.64. The highest BCUT2D eigenvalue weighted by Gasteiger charge is 2.13. The highest BCUT2D eigenvalue weighted by molar-refractivity contribution is 4.85. The van der Waals surface area contributed by atoms with Crippen LogP contribution in [-0.2, 0) is 19.6 Å². The summed E-state index contributed by atoms with van der Waals surface area (Å²) in [7, 11) is 0. The van der Waals surface area contributed by atoms with Crippen molar-refractivity contribution >= 4 is 0 Å². The summed E-state index contributed by atoms with van der Waals surface area (Å²) >= 11 is 0. The van der Waals surface area contributed by atoms with Crippen LogP contribution in [0.2, 0.25) is 0 Å². The number of hydrogen-bond donors (Lipinski definition) is 0. The molecule has 0 aliphatic rings. The molecule has 0 N–H and O–H groups in total. The number of hydrogen-bond acceptors (Lipinski definition) is 4. The summed E-state index contributed by atoms with van der Waals surface area (Å²) in [6.45, 7) is 6.87. The van der Waals surface area contributed by atoms with Gasteiger partial charge in [0.25, 0.3) is 0 Å². The van der Waals surface area contributed by atoms with Crippen LogP contribution in [0.1, 0.15) is 6.42 Å². The van der Waals surface area contributed by atoms with Gasteiger partial charge in [-0.1, -0.05) is 12.2 Å². The van der Waals surface area contributed by atoms with Crippen molar-refractivity contribution in [1.29, 1.82) is 5.26 Å². The zero-order chi connectivity index (χ0) is 14.4. The maximum Gasteiger partial charge on any atom is 0.336 e. The molecule has 0 saturated heterocycles. The van der Waals surface area contributed by atoms with E-state index in [0.29, 0.717) is 0 Å². The van der Waals surface area contributed by atoms with Crippen LogP contribution in [0, 0.1) is 11.3 Å². The van der Waals surface area contributed by atoms with Crippen molar-refractivity contribution in [2.24, 2.45) is 0 Å². The summed E-state index contributed by atoms with van der Waals surface area (Å²) in [6.07, 6.45) is 2.79. The van der Waals surface area contributed by atoms with E-state index in [1.54, 1.807) is 0 Å². The van der Waals surface area contributed by atoms with Crippen LogP contribution in [0.3, 0.4) is 0 Å². The molecule has 19 heavy (non-hydrogen) atoms. The second kappa shape index (κ2) is 6.35. The van der Waals surface area contributed by atoms with Crippen LogP contribution in [-0.4, -0.2) is 13.7 Å². The Morgan fingerprint density at radius 3 is 1.74 bits per heavy atom. The molecule has 0 atom stereocenters. The second-order valence-corrected chi connectivity index (χ2v) is 3.71. The standard InChI is InChI=1S/C12H14N4O3/c1-3-7-14-10(17)15(8-4-2)12(19)16(11(14)18)9-5-6-13/h3-4H,1-2,5,7-9H2. The van der Waals surface area contributed by atoms with Gasteiger partial charge in [-0.05, 0) is 0 Å². The Bertz CT molecular complexity index is 651. The minimum Gasteiger partial charge on any atom is -0.247 e. The van der Waals surface area contributed by atoms with Crippen LogP contribution in [0.4, 0.5) is 0 Å². The Morgan fingerprint density at radius 2 is 1.37 bits per heavy atom. The molecule has 7 heteroatoms. The summed E-state index contributed by atoms with van der Waals surface area (Å²) in [6, 6.07) is 1.85. The lowest BCUT2D eigenvalue weighted by atomic mass is 10.4. The maximum atomic E-state index is 12.0. The molecule has 0 aliphatic heterocycles. The van der Waals surface area contributed by atoms with Gasteiger partial charge in [-0.3, -0.25) is 0 Å². The molecule has 0 unspecified atom stereocenters. The van der Waals surface area contributed by atoms with Crippen LogP contribution in [0.15, 0.2) is 39.7 Å². The SMILES string of the molecule is C=CCn1c(=O)n(CC=C)c(=O)n(CCC#N)c1=O. The maximum absolute atomic E-state index is 12.0. The molecule has 7 nitrogen and oxygen atoms in total. The zero-order valence-corrected chi connectivity index (χ0v) is 10.4. The molecule has 100 valence electrons. The molecule has 0 bridgehead atoms. The average molecular weight is 262 g/mol. The van der Waals surface area contributed by atoms with Crippen molar-refractivity contribution in [2.45, 2.75) is 26.1 Å². The lowest BCUT2D eigenvalue weighted by molar-refractivity contribution is 0.482. The van der Waals surface area contributed by atoms with E-state index >= 15 is 0 Å². The summed E-state index contributed by atoms with van der Waals surface area (Å²) in [5.41, 5.74) is -2.17. The molecule has 1 aromatic rings. The topological polar surface area (TPSA) is 89.8 Å². The van der Waals surface area contributed by atoms with Gasteiger partial charge in [0.05, 0.1) is 25.6 Å². The van der Waals surface area contributed by atoms with Gasteiger partial charge in [0.15, 0.2) is 0 Å². The van der Waals surface area contributed by atoms with Crippen LogP contribution >= 0.6 is 0 Å². The van der Waals surface area contributed by atoms with Gasteiger partial charge in [-0.2, -0.15) is 5.26 Å². The zero-order valence-electron chi connectivity index (χ0n) is 10.4. The van der Waals surface area contributed by atoms with Crippen molar-refractivity contribution in [2.75, 3.05) is 0 Å². The first kappa shape index (κ1) is 14.4. The first-order valence-electron chi connectivity index (χ1n) is 5.61. The molecule has 0 radical (unpaired) electrons. The number of aromatic nitrogens is 3. The monoisotopic (exact) mass is 262 g/mol. The summed E-state index contributed by atoms with van der Waals surface area (Å²) in [5.74, 6) is 0. The van der Waals surface area contributed by atoms with Gasteiger partial charge in [0, 0.05) is 6.54 Å². The molecule has 0 spiro atoms. The third-order valence-corrected chi connectivity index (χ3v) is 2.46. The quantitative estimate of drug-likeness (QED) is 0.644. The van der Waals surface area contributed by atoms with Crippen molar-refractivity contribution < 1.29 is 0 Å². The molecule has 1 rings (SSSR count). The van der Waals surface area contributed by atoms with E-state index in [1.807, 2.05) is 6.07 Å². The Labute approximate surface area is 109 Å². The van der Waals surface area contributed by atoms with E-state index in [0.717, 1.165) is 13.7 Å². The van der Waals surface area contributed by atoms with Gasteiger partial charge in [0.1, 0.15) is 0 Å². The average Bonchev–Trinajstić information content (AvgIpc) is 2.40. The number of nitriles is 1. The lowest BCUT2D eigenvalue weighted by Crippen LogP contribution is -2.54. The smallest absolute Gasteiger partial charge is 0.247 e. The van der Waals surface area contributed by atoms with E-state index in [4.69, 9.17) is 5.26 Å². The van der Waals surface area contributed by atoms with E-state index in [2.05, 4.69) is 13.2 Å². The molecule has 0 aromatic carbocycles. The van der Waals surface area contributed by atoms with E-state index in [-0.39, 0.29) is 26.1 Å². The molecule has 1 heterocycles. The van der Waals surface area contributed by atoms with Gasteiger partial charge < -0.3 is 0 Å². The third-order valence-electron chi connectivity index (χ3n) is 2.46. The van der Waals surface area contributed by atoms with Crippen molar-refractivity contribution in [3.63, 3.8) is 0 Å². The van der Waals surface area contributed by atoms with Gasteiger partial charge in [-0.15, -0.1) is 13.2 Å². The number of allylic oxidation sites excluding steroid dienone is 2. The summed E-state index contributed by atoms with van der Waals surface area (Å²) in [4.78, 5) is 36.0. The fraction of sp³-hybridized carbons (Fsp3) is 0.333. The fourth-order valence-electron chi connectivity index (χ4n) is 1.61. The second-order valence-electron chi connectivity index (χ2n) is 3.71. The largest absolute Gasteiger partial charge is 0.336 e. The predicted molar refractivity (Wildman–Crippen MR) is 69.8 cm³/mol. The van der Waals surface area contributed by atoms with E-state index in [9.17, 15) is 14.4 Å². The third kappa shape index (κ3) is 2.80. The molecule has 0 aliphatic carbocycles. The molecule has 1 aromatic heterocycles. The Hall–Kier alpha value is -2.62. The van der Waals surface area contributed by atoms with Gasteiger partial charge in [-0.25, -0.2) is 28.1 Å². The Morgan fingerprint density at radius 1 is 0.947 bits per heavy atom. The van der Waals surface area contributed by atoms with Crippen LogP contribution in [0.5, 0.6) is 0 Å². The van der Waals surface area contributed by atoms with Crippen molar-refractivity contribution in [1.82, 2.24) is 13.7 Å². The van der Waals surface area contributed by atoms with E-state index in [1.165, 1.54) is 12.2 Å². The van der Waals surface area contributed by atoms with Gasteiger partial charge in [0.2, 0.25) is 0 Å². The fourth-order valence-corrected chi connectivity index (χ4v) is 1.61. The minimum atomic E-state index is -0.731. The molecule has 0 amide bonds.